The van der Waals surface area contributed by atoms with Gasteiger partial charge in [-0.15, -0.1) is 0 Å². The van der Waals surface area contributed by atoms with Crippen molar-refractivity contribution >= 4 is 11.8 Å². The zero-order valence-electron chi connectivity index (χ0n) is 10.2. The van der Waals surface area contributed by atoms with Crippen LogP contribution in [0.5, 0.6) is 0 Å². The Labute approximate surface area is 106 Å². The van der Waals surface area contributed by atoms with E-state index in [0.717, 1.165) is 12.8 Å². The number of aliphatic carboxylic acids is 1. The Morgan fingerprint density at radius 1 is 1.22 bits per heavy atom. The quantitative estimate of drug-likeness (QED) is 0.746. The predicted molar refractivity (Wildman–Crippen MR) is 67.6 cm³/mol. The summed E-state index contributed by atoms with van der Waals surface area (Å²) in [5, 5.41) is 8.70. The summed E-state index contributed by atoms with van der Waals surface area (Å²) in [4.78, 5) is 24.6. The van der Waals surface area contributed by atoms with E-state index in [1.54, 1.807) is 12.1 Å². The molecular formula is C14H17NO3. The number of carbonyl (C=O) groups excluding carboxylic acids is 1. The number of ketones is 1. The molecule has 1 aromatic carbocycles. The van der Waals surface area contributed by atoms with Gasteiger partial charge in [-0.05, 0) is 12.8 Å². The number of carbonyl (C=O) groups is 2. The third-order valence-corrected chi connectivity index (χ3v) is 3.12. The molecule has 0 heterocycles. The van der Waals surface area contributed by atoms with Crippen molar-refractivity contribution < 1.29 is 14.7 Å². The lowest BCUT2D eigenvalue weighted by Gasteiger charge is -2.20. The molecule has 0 radical (unpaired) electrons. The minimum Gasteiger partial charge on any atom is -0.481 e. The summed E-state index contributed by atoms with van der Waals surface area (Å²) in [6.07, 6.45) is 2.24. The highest BCUT2D eigenvalue weighted by atomic mass is 16.4. The Morgan fingerprint density at radius 2 is 1.89 bits per heavy atom. The van der Waals surface area contributed by atoms with Crippen molar-refractivity contribution in [2.75, 3.05) is 13.1 Å². The highest BCUT2D eigenvalue weighted by Crippen LogP contribution is 2.27. The van der Waals surface area contributed by atoms with Crippen LogP contribution < -0.4 is 0 Å². The average molecular weight is 247 g/mol. The van der Waals surface area contributed by atoms with Gasteiger partial charge < -0.3 is 5.11 Å². The largest absolute Gasteiger partial charge is 0.481 e. The van der Waals surface area contributed by atoms with Gasteiger partial charge in [0.15, 0.2) is 5.78 Å². The molecule has 1 N–H and O–H groups in total. The molecule has 18 heavy (non-hydrogen) atoms. The van der Waals surface area contributed by atoms with Crippen molar-refractivity contribution in [1.82, 2.24) is 4.90 Å². The lowest BCUT2D eigenvalue weighted by Crippen LogP contribution is -2.33. The Balaban J connectivity index is 1.92. The van der Waals surface area contributed by atoms with Gasteiger partial charge in [0.2, 0.25) is 0 Å². The summed E-state index contributed by atoms with van der Waals surface area (Å²) >= 11 is 0. The van der Waals surface area contributed by atoms with Crippen molar-refractivity contribution in [1.29, 1.82) is 0 Å². The van der Waals surface area contributed by atoms with Gasteiger partial charge in [0.05, 0.1) is 13.0 Å². The summed E-state index contributed by atoms with van der Waals surface area (Å²) in [6, 6.07) is 9.55. The predicted octanol–water partition coefficient (Wildman–Crippen LogP) is 1.81. The van der Waals surface area contributed by atoms with Gasteiger partial charge in [0.1, 0.15) is 0 Å². The SMILES string of the molecule is O=C(O)CCN(CC(=O)c1ccccc1)C1CC1. The number of nitrogens with zero attached hydrogens (tertiary/aromatic N) is 1. The first-order chi connectivity index (χ1) is 8.66. The fourth-order valence-corrected chi connectivity index (χ4v) is 1.97. The van der Waals surface area contributed by atoms with E-state index in [2.05, 4.69) is 0 Å². The van der Waals surface area contributed by atoms with Gasteiger partial charge in [-0.2, -0.15) is 0 Å². The first kappa shape index (κ1) is 12.8. The fraction of sp³-hybridized carbons (Fsp3) is 0.429. The van der Waals surface area contributed by atoms with Crippen molar-refractivity contribution in [2.24, 2.45) is 0 Å². The maximum atomic E-state index is 12.0. The van der Waals surface area contributed by atoms with E-state index in [1.807, 2.05) is 23.1 Å². The molecule has 0 aromatic heterocycles. The Morgan fingerprint density at radius 3 is 2.44 bits per heavy atom. The lowest BCUT2D eigenvalue weighted by atomic mass is 10.1. The normalized spacial score (nSPS) is 14.7. The molecule has 0 unspecified atom stereocenters. The van der Waals surface area contributed by atoms with Gasteiger partial charge in [0, 0.05) is 18.2 Å². The molecule has 0 amide bonds. The van der Waals surface area contributed by atoms with Gasteiger partial charge in [-0.3, -0.25) is 14.5 Å². The standard InChI is InChI=1S/C14H17NO3/c16-13(11-4-2-1-3-5-11)10-15(12-6-7-12)9-8-14(17)18/h1-5,12H,6-10H2,(H,17,18). The maximum Gasteiger partial charge on any atom is 0.304 e. The zero-order chi connectivity index (χ0) is 13.0. The molecule has 0 aliphatic heterocycles. The third kappa shape index (κ3) is 3.67. The van der Waals surface area contributed by atoms with Crippen LogP contribution in [0, 0.1) is 0 Å². The van der Waals surface area contributed by atoms with Crippen LogP contribution in [-0.2, 0) is 4.79 Å². The van der Waals surface area contributed by atoms with Crippen molar-refractivity contribution in [3.05, 3.63) is 35.9 Å². The molecule has 0 saturated heterocycles. The highest BCUT2D eigenvalue weighted by Gasteiger charge is 2.30. The van der Waals surface area contributed by atoms with Crippen LogP contribution >= 0.6 is 0 Å². The average Bonchev–Trinajstić information content (AvgIpc) is 3.19. The second-order valence-electron chi connectivity index (χ2n) is 4.63. The summed E-state index contributed by atoms with van der Waals surface area (Å²) in [6.45, 7) is 0.778. The lowest BCUT2D eigenvalue weighted by molar-refractivity contribution is -0.137. The molecule has 96 valence electrons. The smallest absolute Gasteiger partial charge is 0.304 e. The first-order valence-corrected chi connectivity index (χ1v) is 6.21. The van der Waals surface area contributed by atoms with Crippen LogP contribution in [0.1, 0.15) is 29.6 Å². The minimum atomic E-state index is -0.812. The van der Waals surface area contributed by atoms with Gasteiger partial charge >= 0.3 is 5.97 Å². The molecule has 0 spiro atoms. The number of carboxylic acids is 1. The summed E-state index contributed by atoms with van der Waals surface area (Å²) < 4.78 is 0. The maximum absolute atomic E-state index is 12.0. The number of rotatable bonds is 7. The molecular weight excluding hydrogens is 230 g/mol. The fourth-order valence-electron chi connectivity index (χ4n) is 1.97. The van der Waals surface area contributed by atoms with Crippen LogP contribution in [0.3, 0.4) is 0 Å². The van der Waals surface area contributed by atoms with E-state index < -0.39 is 5.97 Å². The molecule has 4 nitrogen and oxygen atoms in total. The van der Waals surface area contributed by atoms with Gasteiger partial charge in [-0.25, -0.2) is 0 Å². The Bertz CT molecular complexity index is 426. The summed E-state index contributed by atoms with van der Waals surface area (Å²) in [5.74, 6) is -0.749. The number of carboxylic acid groups (broad SMARTS) is 1. The number of benzene rings is 1. The molecule has 0 bridgehead atoms. The van der Waals surface area contributed by atoms with Crippen molar-refractivity contribution in [3.63, 3.8) is 0 Å². The van der Waals surface area contributed by atoms with E-state index in [-0.39, 0.29) is 12.2 Å². The second kappa shape index (κ2) is 5.78. The molecule has 2 rings (SSSR count). The number of hydrogen-bond donors (Lipinski definition) is 1. The van der Waals surface area contributed by atoms with E-state index in [1.165, 1.54) is 0 Å². The molecule has 1 saturated carbocycles. The molecule has 1 aromatic rings. The monoisotopic (exact) mass is 247 g/mol. The number of Topliss-reactive ketones (excluding diaryl/α,β-unsaturated/α-hetero) is 1. The number of hydrogen-bond acceptors (Lipinski definition) is 3. The molecule has 4 heteroatoms. The van der Waals surface area contributed by atoms with Crippen LogP contribution in [0.15, 0.2) is 30.3 Å². The Hall–Kier alpha value is -1.68. The van der Waals surface area contributed by atoms with E-state index in [0.29, 0.717) is 24.7 Å². The van der Waals surface area contributed by atoms with E-state index in [9.17, 15) is 9.59 Å². The van der Waals surface area contributed by atoms with Crippen LogP contribution in [0.4, 0.5) is 0 Å². The summed E-state index contributed by atoms with van der Waals surface area (Å²) in [7, 11) is 0. The van der Waals surface area contributed by atoms with E-state index in [4.69, 9.17) is 5.11 Å². The van der Waals surface area contributed by atoms with Gasteiger partial charge in [0.25, 0.3) is 0 Å². The Kier molecular flexibility index (Phi) is 4.10. The summed E-state index contributed by atoms with van der Waals surface area (Å²) in [5.41, 5.74) is 0.693. The third-order valence-electron chi connectivity index (χ3n) is 3.12. The van der Waals surface area contributed by atoms with E-state index >= 15 is 0 Å². The van der Waals surface area contributed by atoms with Crippen LogP contribution in [0.2, 0.25) is 0 Å². The highest BCUT2D eigenvalue weighted by molar-refractivity contribution is 5.97. The molecule has 1 aliphatic carbocycles. The first-order valence-electron chi connectivity index (χ1n) is 6.21. The van der Waals surface area contributed by atoms with Gasteiger partial charge in [-0.1, -0.05) is 30.3 Å². The molecule has 0 atom stereocenters. The van der Waals surface area contributed by atoms with Crippen molar-refractivity contribution in [3.8, 4) is 0 Å². The minimum absolute atomic E-state index is 0.0629. The zero-order valence-corrected chi connectivity index (χ0v) is 10.2. The second-order valence-corrected chi connectivity index (χ2v) is 4.63. The topological polar surface area (TPSA) is 57.6 Å². The van der Waals surface area contributed by atoms with Crippen LogP contribution in [-0.4, -0.2) is 40.9 Å². The van der Waals surface area contributed by atoms with Crippen LogP contribution in [0.25, 0.3) is 0 Å². The van der Waals surface area contributed by atoms with Crippen molar-refractivity contribution in [2.45, 2.75) is 25.3 Å². The molecule has 1 aliphatic rings. The molecule has 1 fully saturated rings.